The summed E-state index contributed by atoms with van der Waals surface area (Å²) in [4.78, 5) is 28.3. The number of nitrogens with one attached hydrogen (secondary N) is 1. The molecule has 0 bridgehead atoms. The quantitative estimate of drug-likeness (QED) is 0.477. The minimum absolute atomic E-state index is 0.0941. The molecule has 10 heteroatoms. The van der Waals surface area contributed by atoms with Crippen LogP contribution in [-0.4, -0.2) is 64.2 Å². The molecule has 1 aliphatic rings. The summed E-state index contributed by atoms with van der Waals surface area (Å²) in [6, 6.07) is 13.3. The molecule has 37 heavy (non-hydrogen) atoms. The van der Waals surface area contributed by atoms with Gasteiger partial charge in [-0.2, -0.15) is 0 Å². The highest BCUT2D eigenvalue weighted by Crippen LogP contribution is 2.32. The van der Waals surface area contributed by atoms with Crippen LogP contribution in [0.5, 0.6) is 11.5 Å². The number of anilines is 1. The molecule has 2 aromatic carbocycles. The summed E-state index contributed by atoms with van der Waals surface area (Å²) in [5.41, 5.74) is 1.10. The van der Waals surface area contributed by atoms with E-state index in [-0.39, 0.29) is 24.2 Å². The molecule has 0 aromatic heterocycles. The van der Waals surface area contributed by atoms with Gasteiger partial charge in [0.05, 0.1) is 26.2 Å². The summed E-state index contributed by atoms with van der Waals surface area (Å²) < 4.78 is 37.1. The normalized spacial score (nSPS) is 14.9. The predicted octanol–water partition coefficient (Wildman–Crippen LogP) is 3.34. The fourth-order valence-corrected chi connectivity index (χ4v) is 5.37. The van der Waals surface area contributed by atoms with Crippen molar-refractivity contribution < 1.29 is 27.5 Å². The molecule has 0 unspecified atom stereocenters. The number of amides is 2. The molecule has 1 saturated carbocycles. The van der Waals surface area contributed by atoms with E-state index in [4.69, 9.17) is 9.47 Å². The maximum Gasteiger partial charge on any atom is 0.244 e. The van der Waals surface area contributed by atoms with Gasteiger partial charge in [-0.25, -0.2) is 8.42 Å². The van der Waals surface area contributed by atoms with Gasteiger partial charge in [-0.15, -0.1) is 0 Å². The molecule has 9 nitrogen and oxygen atoms in total. The lowest BCUT2D eigenvalue weighted by Gasteiger charge is -2.33. The van der Waals surface area contributed by atoms with Crippen LogP contribution < -0.4 is 19.1 Å². The third-order valence-electron chi connectivity index (χ3n) is 6.65. The molecule has 202 valence electrons. The van der Waals surface area contributed by atoms with E-state index in [9.17, 15) is 18.0 Å². The lowest BCUT2D eigenvalue weighted by molar-refractivity contribution is -0.139. The smallest absolute Gasteiger partial charge is 0.244 e. The van der Waals surface area contributed by atoms with E-state index >= 15 is 0 Å². The Balaban J connectivity index is 1.88. The summed E-state index contributed by atoms with van der Waals surface area (Å²) in [7, 11) is -0.911. The Kier molecular flexibility index (Phi) is 9.79. The van der Waals surface area contributed by atoms with Gasteiger partial charge >= 0.3 is 0 Å². The average molecular weight is 532 g/mol. The number of methoxy groups -OCH3 is 2. The van der Waals surface area contributed by atoms with Crippen LogP contribution in [0.15, 0.2) is 48.5 Å². The van der Waals surface area contributed by atoms with E-state index in [1.165, 1.54) is 25.2 Å². The molecule has 1 aliphatic carbocycles. The fourth-order valence-electron chi connectivity index (χ4n) is 4.53. The number of sulfonamides is 1. The van der Waals surface area contributed by atoms with Crippen molar-refractivity contribution >= 4 is 27.5 Å². The molecule has 1 N–H and O–H groups in total. The second-order valence-electron chi connectivity index (χ2n) is 9.34. The number of ether oxygens (including phenoxy) is 2. The second-order valence-corrected chi connectivity index (χ2v) is 11.2. The van der Waals surface area contributed by atoms with E-state index in [0.717, 1.165) is 48.2 Å². The number of rotatable bonds is 11. The highest BCUT2D eigenvalue weighted by molar-refractivity contribution is 7.92. The Morgan fingerprint density at radius 3 is 2.24 bits per heavy atom. The van der Waals surface area contributed by atoms with Gasteiger partial charge in [0, 0.05) is 18.7 Å². The van der Waals surface area contributed by atoms with Gasteiger partial charge in [-0.1, -0.05) is 49.6 Å². The summed E-state index contributed by atoms with van der Waals surface area (Å²) in [6.07, 6.45) is 6.19. The van der Waals surface area contributed by atoms with E-state index in [1.54, 1.807) is 19.1 Å². The Labute approximate surface area is 219 Å². The molecular weight excluding hydrogens is 494 g/mol. The van der Waals surface area contributed by atoms with Crippen LogP contribution in [-0.2, 0) is 26.2 Å². The van der Waals surface area contributed by atoms with Crippen LogP contribution in [0.3, 0.4) is 0 Å². The SMILES string of the molecule is COc1ccc(N(CC(=O)N(Cc2ccccc2)[C@@H](C)C(=O)NC2CCCCC2)S(C)(=O)=O)cc1OC. The van der Waals surface area contributed by atoms with Gasteiger partial charge in [0.15, 0.2) is 11.5 Å². The first-order chi connectivity index (χ1) is 17.6. The maximum atomic E-state index is 13.7. The number of carbonyl (C=O) groups excluding carboxylic acids is 2. The zero-order valence-corrected chi connectivity index (χ0v) is 22.8. The number of carbonyl (C=O) groups is 2. The molecule has 2 amide bonds. The van der Waals surface area contributed by atoms with E-state index in [1.807, 2.05) is 30.3 Å². The first kappa shape index (κ1) is 28.3. The zero-order chi connectivity index (χ0) is 27.0. The number of nitrogens with zero attached hydrogens (tertiary/aromatic N) is 2. The van der Waals surface area contributed by atoms with Gasteiger partial charge in [0.2, 0.25) is 21.8 Å². The van der Waals surface area contributed by atoms with Crippen LogP contribution in [0, 0.1) is 0 Å². The van der Waals surface area contributed by atoms with Gasteiger partial charge < -0.3 is 19.7 Å². The predicted molar refractivity (Wildman–Crippen MR) is 143 cm³/mol. The van der Waals surface area contributed by atoms with Crippen LogP contribution in [0.25, 0.3) is 0 Å². The monoisotopic (exact) mass is 531 g/mol. The molecule has 3 rings (SSSR count). The van der Waals surface area contributed by atoms with Gasteiger partial charge in [0.25, 0.3) is 0 Å². The van der Waals surface area contributed by atoms with E-state index in [2.05, 4.69) is 5.32 Å². The third kappa shape index (κ3) is 7.61. The molecular formula is C27H37N3O6S. The third-order valence-corrected chi connectivity index (χ3v) is 7.79. The molecule has 2 aromatic rings. The lowest BCUT2D eigenvalue weighted by atomic mass is 9.95. The van der Waals surface area contributed by atoms with E-state index < -0.39 is 28.5 Å². The summed E-state index contributed by atoms with van der Waals surface area (Å²) in [6.45, 7) is 1.38. The van der Waals surface area contributed by atoms with Crippen molar-refractivity contribution in [2.24, 2.45) is 0 Å². The number of hydrogen-bond donors (Lipinski definition) is 1. The highest BCUT2D eigenvalue weighted by atomic mass is 32.2. The van der Waals surface area contributed by atoms with Crippen molar-refractivity contribution in [3.05, 3.63) is 54.1 Å². The Morgan fingerprint density at radius 1 is 1.00 bits per heavy atom. The first-order valence-corrected chi connectivity index (χ1v) is 14.3. The minimum atomic E-state index is -3.84. The first-order valence-electron chi connectivity index (χ1n) is 12.5. The highest BCUT2D eigenvalue weighted by Gasteiger charge is 2.31. The molecule has 0 heterocycles. The van der Waals surface area contributed by atoms with Crippen molar-refractivity contribution in [3.63, 3.8) is 0 Å². The summed E-state index contributed by atoms with van der Waals surface area (Å²) in [5, 5.41) is 3.09. The Hall–Kier alpha value is -3.27. The van der Waals surface area contributed by atoms with Crippen LogP contribution in [0.1, 0.15) is 44.6 Å². The van der Waals surface area contributed by atoms with Crippen molar-refractivity contribution in [3.8, 4) is 11.5 Å². The minimum Gasteiger partial charge on any atom is -0.493 e. The summed E-state index contributed by atoms with van der Waals surface area (Å²) >= 11 is 0. The van der Waals surface area contributed by atoms with Crippen LogP contribution in [0.2, 0.25) is 0 Å². The van der Waals surface area contributed by atoms with Crippen molar-refractivity contribution in [2.45, 2.75) is 57.7 Å². The molecule has 0 spiro atoms. The maximum absolute atomic E-state index is 13.7. The van der Waals surface area contributed by atoms with Crippen LogP contribution in [0.4, 0.5) is 5.69 Å². The molecule has 0 radical (unpaired) electrons. The summed E-state index contributed by atoms with van der Waals surface area (Å²) in [5.74, 6) is 0.0377. The Bertz CT molecular complexity index is 1170. The fraction of sp³-hybridized carbons (Fsp3) is 0.481. The van der Waals surface area contributed by atoms with Crippen molar-refractivity contribution in [1.82, 2.24) is 10.2 Å². The van der Waals surface area contributed by atoms with Gasteiger partial charge in [-0.3, -0.25) is 13.9 Å². The largest absolute Gasteiger partial charge is 0.493 e. The standard InChI is InChI=1S/C27H37N3O6S/c1-20(27(32)28-22-13-9-6-10-14-22)29(18-21-11-7-5-8-12-21)26(31)19-30(37(4,33)34)23-15-16-24(35-2)25(17-23)36-3/h5,7-8,11-12,15-17,20,22H,6,9-10,13-14,18-19H2,1-4H3,(H,28,32)/t20-/m0/s1. The zero-order valence-electron chi connectivity index (χ0n) is 22.0. The molecule has 1 atom stereocenters. The van der Waals surface area contributed by atoms with Crippen LogP contribution >= 0.6 is 0 Å². The van der Waals surface area contributed by atoms with Gasteiger partial charge in [-0.05, 0) is 37.5 Å². The van der Waals surface area contributed by atoms with Crippen molar-refractivity contribution in [2.75, 3.05) is 31.3 Å². The number of benzene rings is 2. The second kappa shape index (κ2) is 12.8. The topological polar surface area (TPSA) is 105 Å². The average Bonchev–Trinajstić information content (AvgIpc) is 2.90. The number of hydrogen-bond acceptors (Lipinski definition) is 6. The molecule has 0 aliphatic heterocycles. The van der Waals surface area contributed by atoms with Crippen molar-refractivity contribution in [1.29, 1.82) is 0 Å². The lowest BCUT2D eigenvalue weighted by Crippen LogP contribution is -2.52. The van der Waals surface area contributed by atoms with Gasteiger partial charge in [0.1, 0.15) is 12.6 Å². The van der Waals surface area contributed by atoms with E-state index in [0.29, 0.717) is 11.5 Å². The molecule has 0 saturated heterocycles. The Morgan fingerprint density at radius 2 is 1.65 bits per heavy atom. The molecule has 1 fully saturated rings.